The van der Waals surface area contributed by atoms with Crippen molar-refractivity contribution in [3.05, 3.63) is 33.9 Å². The van der Waals surface area contributed by atoms with Gasteiger partial charge in [0.25, 0.3) is 5.69 Å². The van der Waals surface area contributed by atoms with Gasteiger partial charge >= 0.3 is 0 Å². The van der Waals surface area contributed by atoms with Crippen molar-refractivity contribution in [1.82, 2.24) is 5.32 Å². The molecule has 2 rings (SSSR count). The van der Waals surface area contributed by atoms with Crippen molar-refractivity contribution < 1.29 is 18.1 Å². The van der Waals surface area contributed by atoms with Gasteiger partial charge in [-0.25, -0.2) is 8.42 Å². The van der Waals surface area contributed by atoms with E-state index in [0.29, 0.717) is 30.7 Å². The third-order valence-corrected chi connectivity index (χ3v) is 5.33. The van der Waals surface area contributed by atoms with E-state index in [-0.39, 0.29) is 23.2 Å². The van der Waals surface area contributed by atoms with Gasteiger partial charge in [-0.2, -0.15) is 0 Å². The number of benzene rings is 1. The summed E-state index contributed by atoms with van der Waals surface area (Å²) in [6.07, 6.45) is 1.14. The van der Waals surface area contributed by atoms with Crippen molar-refractivity contribution in [1.29, 1.82) is 0 Å². The molecule has 0 radical (unpaired) electrons. The second-order valence-electron chi connectivity index (χ2n) is 5.06. The summed E-state index contributed by atoms with van der Waals surface area (Å²) in [5.41, 5.74) is 0.707. The molecule has 1 fully saturated rings. The second kappa shape index (κ2) is 6.40. The molecular formula is C13H18N2O5S. The molecule has 1 N–H and O–H groups in total. The van der Waals surface area contributed by atoms with Crippen molar-refractivity contribution in [2.75, 3.05) is 18.6 Å². The Morgan fingerprint density at radius 3 is 2.62 bits per heavy atom. The van der Waals surface area contributed by atoms with E-state index in [1.807, 2.05) is 0 Å². The summed E-state index contributed by atoms with van der Waals surface area (Å²) in [7, 11) is -1.37. The van der Waals surface area contributed by atoms with E-state index in [0.717, 1.165) is 0 Å². The van der Waals surface area contributed by atoms with Crippen LogP contribution in [0.1, 0.15) is 18.4 Å². The Balaban J connectivity index is 2.02. The minimum Gasteiger partial charge on any atom is -0.496 e. The molecule has 1 aliphatic rings. The molecule has 8 heteroatoms. The summed E-state index contributed by atoms with van der Waals surface area (Å²) < 4.78 is 27.9. The number of nitrogens with zero attached hydrogens (tertiary/aromatic N) is 1. The molecule has 0 bridgehead atoms. The third-order valence-electron chi connectivity index (χ3n) is 3.61. The quantitative estimate of drug-likeness (QED) is 0.649. The lowest BCUT2D eigenvalue weighted by atomic mass is 10.1. The average molecular weight is 314 g/mol. The highest BCUT2D eigenvalue weighted by molar-refractivity contribution is 7.91. The van der Waals surface area contributed by atoms with Gasteiger partial charge in [-0.15, -0.1) is 0 Å². The topological polar surface area (TPSA) is 98.5 Å². The fourth-order valence-corrected chi connectivity index (χ4v) is 3.86. The Bertz CT molecular complexity index is 615. The maximum atomic E-state index is 11.4. The summed E-state index contributed by atoms with van der Waals surface area (Å²) in [4.78, 5) is 10.4. The fraction of sp³-hybridized carbons (Fsp3) is 0.538. The molecule has 0 aliphatic carbocycles. The van der Waals surface area contributed by atoms with Gasteiger partial charge in [-0.1, -0.05) is 0 Å². The second-order valence-corrected chi connectivity index (χ2v) is 7.36. The molecule has 21 heavy (non-hydrogen) atoms. The van der Waals surface area contributed by atoms with E-state index in [4.69, 9.17) is 4.74 Å². The Morgan fingerprint density at radius 2 is 2.05 bits per heavy atom. The lowest BCUT2D eigenvalue weighted by Gasteiger charge is -2.23. The Labute approximate surface area is 123 Å². The molecule has 0 atom stereocenters. The molecule has 0 unspecified atom stereocenters. The zero-order valence-electron chi connectivity index (χ0n) is 11.7. The van der Waals surface area contributed by atoms with Gasteiger partial charge in [0, 0.05) is 30.3 Å². The molecular weight excluding hydrogens is 296 g/mol. The van der Waals surface area contributed by atoms with Gasteiger partial charge in [0.1, 0.15) is 15.6 Å². The maximum Gasteiger partial charge on any atom is 0.270 e. The van der Waals surface area contributed by atoms with E-state index in [9.17, 15) is 18.5 Å². The van der Waals surface area contributed by atoms with Crippen molar-refractivity contribution in [2.45, 2.75) is 25.4 Å². The number of rotatable bonds is 5. The van der Waals surface area contributed by atoms with Crippen molar-refractivity contribution in [3.8, 4) is 5.75 Å². The molecule has 1 heterocycles. The van der Waals surface area contributed by atoms with Gasteiger partial charge in [0.05, 0.1) is 23.5 Å². The van der Waals surface area contributed by atoms with Gasteiger partial charge in [0.15, 0.2) is 0 Å². The van der Waals surface area contributed by atoms with Crippen LogP contribution in [0, 0.1) is 10.1 Å². The number of nitro groups is 1. The van der Waals surface area contributed by atoms with E-state index < -0.39 is 14.8 Å². The zero-order chi connectivity index (χ0) is 15.5. The number of hydrogen-bond acceptors (Lipinski definition) is 6. The molecule has 0 spiro atoms. The number of ether oxygens (including phenoxy) is 1. The number of hydrogen-bond donors (Lipinski definition) is 1. The van der Waals surface area contributed by atoms with Gasteiger partial charge in [0.2, 0.25) is 0 Å². The van der Waals surface area contributed by atoms with Crippen molar-refractivity contribution >= 4 is 15.5 Å². The first-order valence-electron chi connectivity index (χ1n) is 6.66. The van der Waals surface area contributed by atoms with E-state index in [1.165, 1.54) is 19.2 Å². The fourth-order valence-electron chi connectivity index (χ4n) is 2.37. The predicted molar refractivity (Wildman–Crippen MR) is 78.2 cm³/mol. The highest BCUT2D eigenvalue weighted by Gasteiger charge is 2.23. The minimum atomic E-state index is -2.88. The Hall–Kier alpha value is -1.67. The third kappa shape index (κ3) is 4.15. The molecule has 1 saturated heterocycles. The Morgan fingerprint density at radius 1 is 1.38 bits per heavy atom. The smallest absolute Gasteiger partial charge is 0.270 e. The summed E-state index contributed by atoms with van der Waals surface area (Å²) in [5, 5.41) is 14.1. The normalized spacial score (nSPS) is 18.3. The standard InChI is InChI=1S/C13H18N2O5S/c1-20-13-3-2-12(15(16)17)8-10(13)9-14-11-4-6-21(18,19)7-5-11/h2-3,8,11,14H,4-7,9H2,1H3. The van der Waals surface area contributed by atoms with Crippen LogP contribution in [0.3, 0.4) is 0 Å². The van der Waals surface area contributed by atoms with E-state index >= 15 is 0 Å². The SMILES string of the molecule is COc1ccc([N+](=O)[O-])cc1CNC1CCS(=O)(=O)CC1. The molecule has 1 aromatic carbocycles. The molecule has 0 amide bonds. The molecule has 116 valence electrons. The first-order valence-corrected chi connectivity index (χ1v) is 8.48. The number of nitrogens with one attached hydrogen (secondary N) is 1. The van der Waals surface area contributed by atoms with Crippen LogP contribution in [0.2, 0.25) is 0 Å². The van der Waals surface area contributed by atoms with E-state index in [1.54, 1.807) is 6.07 Å². The molecule has 7 nitrogen and oxygen atoms in total. The molecule has 0 aromatic heterocycles. The zero-order valence-corrected chi connectivity index (χ0v) is 12.6. The Kier molecular flexibility index (Phi) is 4.79. The van der Waals surface area contributed by atoms with Crippen LogP contribution in [-0.4, -0.2) is 38.0 Å². The highest BCUT2D eigenvalue weighted by atomic mass is 32.2. The van der Waals surface area contributed by atoms with Crippen LogP contribution < -0.4 is 10.1 Å². The predicted octanol–water partition coefficient (Wildman–Crippen LogP) is 1.27. The first-order chi connectivity index (χ1) is 9.91. The summed E-state index contributed by atoms with van der Waals surface area (Å²) in [6.45, 7) is 0.412. The van der Waals surface area contributed by atoms with Gasteiger partial charge in [-0.3, -0.25) is 10.1 Å². The largest absolute Gasteiger partial charge is 0.496 e. The van der Waals surface area contributed by atoms with Crippen molar-refractivity contribution in [2.24, 2.45) is 0 Å². The number of non-ortho nitro benzene ring substituents is 1. The maximum absolute atomic E-state index is 11.4. The minimum absolute atomic E-state index is 0.0128. The highest BCUT2D eigenvalue weighted by Crippen LogP contribution is 2.24. The van der Waals surface area contributed by atoms with Crippen LogP contribution in [-0.2, 0) is 16.4 Å². The van der Waals surface area contributed by atoms with Crippen LogP contribution >= 0.6 is 0 Å². The molecule has 1 aliphatic heterocycles. The number of nitro benzene ring substituents is 1. The average Bonchev–Trinajstić information content (AvgIpc) is 2.45. The van der Waals surface area contributed by atoms with Gasteiger partial charge in [-0.05, 0) is 18.9 Å². The van der Waals surface area contributed by atoms with Crippen LogP contribution in [0.15, 0.2) is 18.2 Å². The lowest BCUT2D eigenvalue weighted by Crippen LogP contribution is -2.37. The summed E-state index contributed by atoms with van der Waals surface area (Å²) in [5.74, 6) is 0.963. The summed E-state index contributed by atoms with van der Waals surface area (Å²) >= 11 is 0. The van der Waals surface area contributed by atoms with Gasteiger partial charge < -0.3 is 10.1 Å². The first kappa shape index (κ1) is 15.7. The van der Waals surface area contributed by atoms with Crippen LogP contribution in [0.25, 0.3) is 0 Å². The van der Waals surface area contributed by atoms with E-state index in [2.05, 4.69) is 5.32 Å². The molecule has 1 aromatic rings. The lowest BCUT2D eigenvalue weighted by molar-refractivity contribution is -0.384. The number of sulfone groups is 1. The summed E-state index contributed by atoms with van der Waals surface area (Å²) in [6, 6.07) is 4.55. The monoisotopic (exact) mass is 314 g/mol. The number of methoxy groups -OCH3 is 1. The van der Waals surface area contributed by atoms with Crippen LogP contribution in [0.5, 0.6) is 5.75 Å². The molecule has 0 saturated carbocycles. The van der Waals surface area contributed by atoms with Crippen molar-refractivity contribution in [3.63, 3.8) is 0 Å². The van der Waals surface area contributed by atoms with Crippen LogP contribution in [0.4, 0.5) is 5.69 Å².